The Balaban J connectivity index is 2.43. The first-order valence-corrected chi connectivity index (χ1v) is 6.17. The van der Waals surface area contributed by atoms with Crippen molar-refractivity contribution in [1.29, 1.82) is 0 Å². The molecule has 1 heterocycles. The van der Waals surface area contributed by atoms with Gasteiger partial charge in [-0.05, 0) is 12.8 Å². The van der Waals surface area contributed by atoms with Crippen LogP contribution in [0.1, 0.15) is 26.7 Å². The predicted octanol–water partition coefficient (Wildman–Crippen LogP) is 1.63. The summed E-state index contributed by atoms with van der Waals surface area (Å²) in [7, 11) is 1.70. The van der Waals surface area contributed by atoms with Crippen molar-refractivity contribution in [3.8, 4) is 0 Å². The van der Waals surface area contributed by atoms with Crippen LogP contribution < -0.4 is 5.32 Å². The van der Waals surface area contributed by atoms with Crippen LogP contribution in [0.15, 0.2) is 0 Å². The minimum absolute atomic E-state index is 0.113. The third-order valence-corrected chi connectivity index (χ3v) is 4.35. The van der Waals surface area contributed by atoms with Crippen molar-refractivity contribution in [3.05, 3.63) is 0 Å². The smallest absolute Gasteiger partial charge is 0.230 e. The molecule has 1 aliphatic heterocycles. The maximum Gasteiger partial charge on any atom is 0.230 e. The molecule has 0 aliphatic carbocycles. The van der Waals surface area contributed by atoms with Crippen LogP contribution in [0, 0.1) is 5.41 Å². The van der Waals surface area contributed by atoms with E-state index in [0.29, 0.717) is 5.37 Å². The molecule has 82 valence electrons. The third-order valence-electron chi connectivity index (χ3n) is 3.05. The molecule has 0 radical (unpaired) electrons. The molecule has 0 aromatic carbocycles. The highest BCUT2D eigenvalue weighted by Gasteiger charge is 2.52. The number of β-lactam (4-membered cyclic amide) rings is 1. The molecular weight excluding hydrogens is 198 g/mol. The second kappa shape index (κ2) is 5.03. The molecule has 0 aromatic heterocycles. The van der Waals surface area contributed by atoms with Crippen LogP contribution in [0.5, 0.6) is 0 Å². The minimum Gasteiger partial charge on any atom is -0.384 e. The Bertz CT molecular complexity index is 204. The summed E-state index contributed by atoms with van der Waals surface area (Å²) in [5.41, 5.74) is -0.113. The molecule has 1 unspecified atom stereocenters. The molecule has 1 atom stereocenters. The fraction of sp³-hybridized carbons (Fsp3) is 0.900. The number of methoxy groups -OCH3 is 1. The quantitative estimate of drug-likeness (QED) is 0.543. The summed E-state index contributed by atoms with van der Waals surface area (Å²) in [5.74, 6) is 1.17. The molecule has 1 saturated heterocycles. The van der Waals surface area contributed by atoms with E-state index in [2.05, 4.69) is 19.2 Å². The zero-order valence-corrected chi connectivity index (χ0v) is 9.95. The molecule has 0 aromatic rings. The number of hydrogen-bond donors (Lipinski definition) is 1. The number of ether oxygens (including phenoxy) is 1. The highest BCUT2D eigenvalue weighted by Crippen LogP contribution is 2.43. The van der Waals surface area contributed by atoms with Crippen molar-refractivity contribution >= 4 is 17.7 Å². The molecule has 1 aliphatic rings. The predicted molar refractivity (Wildman–Crippen MR) is 59.3 cm³/mol. The third kappa shape index (κ3) is 1.91. The fourth-order valence-corrected chi connectivity index (χ4v) is 3.28. The van der Waals surface area contributed by atoms with Gasteiger partial charge in [-0.25, -0.2) is 0 Å². The van der Waals surface area contributed by atoms with Crippen LogP contribution in [0.4, 0.5) is 0 Å². The summed E-state index contributed by atoms with van der Waals surface area (Å²) in [6.45, 7) is 4.93. The van der Waals surface area contributed by atoms with Gasteiger partial charge < -0.3 is 10.1 Å². The van der Waals surface area contributed by atoms with E-state index in [0.717, 1.165) is 25.2 Å². The highest BCUT2D eigenvalue weighted by atomic mass is 32.2. The Morgan fingerprint density at radius 1 is 1.50 bits per heavy atom. The van der Waals surface area contributed by atoms with Crippen LogP contribution in [0.3, 0.4) is 0 Å². The standard InChI is InChI=1S/C10H19NO2S/c1-4-10(5-2)8(12)11-9(10)14-7-6-13-3/h9H,4-7H2,1-3H3,(H,11,12). The molecule has 1 fully saturated rings. The number of thioether (sulfide) groups is 1. The molecule has 3 nitrogen and oxygen atoms in total. The van der Waals surface area contributed by atoms with Gasteiger partial charge in [-0.3, -0.25) is 4.79 Å². The lowest BCUT2D eigenvalue weighted by Crippen LogP contribution is -2.65. The second-order valence-electron chi connectivity index (χ2n) is 3.58. The summed E-state index contributed by atoms with van der Waals surface area (Å²) in [6.07, 6.45) is 1.86. The van der Waals surface area contributed by atoms with E-state index >= 15 is 0 Å². The van der Waals surface area contributed by atoms with E-state index in [-0.39, 0.29) is 11.3 Å². The van der Waals surface area contributed by atoms with Gasteiger partial charge in [0.1, 0.15) is 0 Å². The van der Waals surface area contributed by atoms with Gasteiger partial charge in [-0.1, -0.05) is 13.8 Å². The molecule has 0 saturated carbocycles. The topological polar surface area (TPSA) is 38.3 Å². The number of amides is 1. The van der Waals surface area contributed by atoms with E-state index in [9.17, 15) is 4.79 Å². The second-order valence-corrected chi connectivity index (χ2v) is 4.79. The molecule has 0 bridgehead atoms. The molecule has 1 rings (SSSR count). The maximum atomic E-state index is 11.5. The maximum absolute atomic E-state index is 11.5. The van der Waals surface area contributed by atoms with Crippen LogP contribution in [-0.2, 0) is 9.53 Å². The van der Waals surface area contributed by atoms with E-state index in [1.807, 2.05) is 0 Å². The van der Waals surface area contributed by atoms with E-state index in [1.54, 1.807) is 18.9 Å². The highest BCUT2D eigenvalue weighted by molar-refractivity contribution is 8.00. The van der Waals surface area contributed by atoms with Gasteiger partial charge in [0, 0.05) is 12.9 Å². The van der Waals surface area contributed by atoms with Crippen molar-refractivity contribution in [2.45, 2.75) is 32.1 Å². The lowest BCUT2D eigenvalue weighted by molar-refractivity contribution is -0.142. The number of carbonyl (C=O) groups is 1. The average molecular weight is 217 g/mol. The Hall–Kier alpha value is -0.220. The normalized spacial score (nSPS) is 24.2. The van der Waals surface area contributed by atoms with Gasteiger partial charge in [-0.2, -0.15) is 0 Å². The van der Waals surface area contributed by atoms with Crippen molar-refractivity contribution < 1.29 is 9.53 Å². The minimum atomic E-state index is -0.113. The molecular formula is C10H19NO2S. The van der Waals surface area contributed by atoms with Gasteiger partial charge in [0.25, 0.3) is 0 Å². The first-order chi connectivity index (χ1) is 6.71. The molecule has 1 N–H and O–H groups in total. The summed E-state index contributed by atoms with van der Waals surface area (Å²) in [4.78, 5) is 11.5. The van der Waals surface area contributed by atoms with Crippen molar-refractivity contribution in [2.24, 2.45) is 5.41 Å². The van der Waals surface area contributed by atoms with Gasteiger partial charge in [0.2, 0.25) is 5.91 Å². The summed E-state index contributed by atoms with van der Waals surface area (Å²) in [5, 5.41) is 3.25. The molecule has 0 spiro atoms. The van der Waals surface area contributed by atoms with Crippen molar-refractivity contribution in [2.75, 3.05) is 19.5 Å². The van der Waals surface area contributed by atoms with Gasteiger partial charge >= 0.3 is 0 Å². The number of nitrogens with one attached hydrogen (secondary N) is 1. The van der Waals surface area contributed by atoms with Crippen LogP contribution in [0.2, 0.25) is 0 Å². The van der Waals surface area contributed by atoms with Gasteiger partial charge in [-0.15, -0.1) is 11.8 Å². The lowest BCUT2D eigenvalue weighted by atomic mass is 9.75. The Morgan fingerprint density at radius 3 is 2.57 bits per heavy atom. The summed E-state index contributed by atoms with van der Waals surface area (Å²) < 4.78 is 4.99. The zero-order valence-electron chi connectivity index (χ0n) is 9.13. The number of rotatable bonds is 6. The van der Waals surface area contributed by atoms with E-state index in [4.69, 9.17) is 4.74 Å². The molecule has 14 heavy (non-hydrogen) atoms. The Labute approximate surface area is 90.0 Å². The summed E-state index contributed by atoms with van der Waals surface area (Å²) >= 11 is 1.79. The van der Waals surface area contributed by atoms with E-state index in [1.165, 1.54) is 0 Å². The molecule has 4 heteroatoms. The lowest BCUT2D eigenvalue weighted by Gasteiger charge is -2.47. The van der Waals surface area contributed by atoms with Gasteiger partial charge in [0.05, 0.1) is 17.4 Å². The zero-order chi connectivity index (χ0) is 10.6. The first-order valence-electron chi connectivity index (χ1n) is 5.12. The monoisotopic (exact) mass is 217 g/mol. The van der Waals surface area contributed by atoms with Crippen molar-refractivity contribution in [3.63, 3.8) is 0 Å². The van der Waals surface area contributed by atoms with Crippen molar-refractivity contribution in [1.82, 2.24) is 5.32 Å². The fourth-order valence-electron chi connectivity index (χ4n) is 1.83. The van der Waals surface area contributed by atoms with Crippen LogP contribution in [-0.4, -0.2) is 30.8 Å². The largest absolute Gasteiger partial charge is 0.384 e. The summed E-state index contributed by atoms with van der Waals surface area (Å²) in [6, 6.07) is 0. The first kappa shape index (κ1) is 11.9. The number of hydrogen-bond acceptors (Lipinski definition) is 3. The SMILES string of the molecule is CCC1(CC)C(=O)NC1SCCOC. The van der Waals surface area contributed by atoms with Crippen LogP contribution >= 0.6 is 11.8 Å². The number of carbonyl (C=O) groups excluding carboxylic acids is 1. The molecule has 1 amide bonds. The van der Waals surface area contributed by atoms with Crippen LogP contribution in [0.25, 0.3) is 0 Å². The van der Waals surface area contributed by atoms with E-state index < -0.39 is 0 Å². The Kier molecular flexibility index (Phi) is 4.26. The van der Waals surface area contributed by atoms with Gasteiger partial charge in [0.15, 0.2) is 0 Å². The Morgan fingerprint density at radius 2 is 2.14 bits per heavy atom. The average Bonchev–Trinajstić information content (AvgIpc) is 2.19.